The summed E-state index contributed by atoms with van der Waals surface area (Å²) >= 11 is 0. The van der Waals surface area contributed by atoms with Crippen LogP contribution in [-0.2, 0) is 13.1 Å². The molecule has 2 N–H and O–H groups in total. The van der Waals surface area contributed by atoms with Gasteiger partial charge in [-0.2, -0.15) is 0 Å². The van der Waals surface area contributed by atoms with E-state index in [0.29, 0.717) is 25.2 Å². The molecule has 1 heterocycles. The first-order valence-corrected chi connectivity index (χ1v) is 6.85. The molecule has 0 radical (unpaired) electrons. The molecule has 100 valence electrons. The monoisotopic (exact) mass is 250 g/mol. The molecule has 2 rings (SSSR count). The van der Waals surface area contributed by atoms with Crippen molar-refractivity contribution in [3.05, 3.63) is 35.1 Å². The Labute approximate surface area is 109 Å². The molecule has 18 heavy (non-hydrogen) atoms. The highest BCUT2D eigenvalue weighted by Crippen LogP contribution is 2.25. The Morgan fingerprint density at radius 1 is 1.28 bits per heavy atom. The summed E-state index contributed by atoms with van der Waals surface area (Å²) in [6.07, 6.45) is 3.72. The minimum absolute atomic E-state index is 0.122. The number of piperidine rings is 1. The third-order valence-corrected chi connectivity index (χ3v) is 4.08. The van der Waals surface area contributed by atoms with Gasteiger partial charge in [0.15, 0.2) is 0 Å². The van der Waals surface area contributed by atoms with Crippen LogP contribution in [0.5, 0.6) is 0 Å². The highest BCUT2D eigenvalue weighted by molar-refractivity contribution is 5.24. The summed E-state index contributed by atoms with van der Waals surface area (Å²) < 4.78 is 14.0. The third-order valence-electron chi connectivity index (χ3n) is 4.08. The Kier molecular flexibility index (Phi) is 4.36. The molecule has 1 aliphatic rings. The Morgan fingerprint density at radius 3 is 2.50 bits per heavy atom. The number of nitrogens with two attached hydrogens (primary N) is 1. The van der Waals surface area contributed by atoms with Crippen molar-refractivity contribution in [2.45, 2.75) is 58.3 Å². The minimum atomic E-state index is -0.122. The molecule has 0 aliphatic carbocycles. The van der Waals surface area contributed by atoms with Crippen LogP contribution in [0.3, 0.4) is 0 Å². The van der Waals surface area contributed by atoms with E-state index < -0.39 is 0 Å². The zero-order valence-corrected chi connectivity index (χ0v) is 11.3. The van der Waals surface area contributed by atoms with E-state index >= 15 is 0 Å². The molecule has 0 bridgehead atoms. The van der Waals surface area contributed by atoms with Crippen molar-refractivity contribution >= 4 is 0 Å². The van der Waals surface area contributed by atoms with E-state index in [1.54, 1.807) is 6.07 Å². The van der Waals surface area contributed by atoms with Gasteiger partial charge in [0.1, 0.15) is 5.82 Å². The van der Waals surface area contributed by atoms with Gasteiger partial charge in [-0.1, -0.05) is 18.6 Å². The molecule has 1 fully saturated rings. The van der Waals surface area contributed by atoms with E-state index in [4.69, 9.17) is 5.73 Å². The Bertz CT molecular complexity index is 395. The van der Waals surface area contributed by atoms with Crippen molar-refractivity contribution in [3.8, 4) is 0 Å². The van der Waals surface area contributed by atoms with Crippen LogP contribution in [0.1, 0.15) is 44.2 Å². The second-order valence-electron chi connectivity index (χ2n) is 5.43. The van der Waals surface area contributed by atoms with Crippen LogP contribution in [0.15, 0.2) is 18.2 Å². The summed E-state index contributed by atoms with van der Waals surface area (Å²) in [5.74, 6) is -0.122. The second-order valence-corrected chi connectivity index (χ2v) is 5.43. The predicted octanol–water partition coefficient (Wildman–Crippen LogP) is 3.05. The molecule has 2 atom stereocenters. The summed E-state index contributed by atoms with van der Waals surface area (Å²) in [5.41, 5.74) is 7.16. The van der Waals surface area contributed by atoms with Gasteiger partial charge < -0.3 is 5.73 Å². The number of benzene rings is 1. The Hall–Kier alpha value is -0.930. The van der Waals surface area contributed by atoms with Gasteiger partial charge >= 0.3 is 0 Å². The lowest BCUT2D eigenvalue weighted by atomic mass is 9.96. The van der Waals surface area contributed by atoms with Crippen molar-refractivity contribution in [2.24, 2.45) is 5.73 Å². The molecule has 1 saturated heterocycles. The smallest absolute Gasteiger partial charge is 0.128 e. The van der Waals surface area contributed by atoms with E-state index in [1.165, 1.54) is 19.3 Å². The summed E-state index contributed by atoms with van der Waals surface area (Å²) in [6.45, 7) is 5.58. The topological polar surface area (TPSA) is 29.3 Å². The lowest BCUT2D eigenvalue weighted by Crippen LogP contribution is -2.43. The number of rotatable bonds is 3. The van der Waals surface area contributed by atoms with Crippen LogP contribution in [-0.4, -0.2) is 17.0 Å². The Balaban J connectivity index is 2.12. The fourth-order valence-electron chi connectivity index (χ4n) is 2.83. The third kappa shape index (κ3) is 2.90. The summed E-state index contributed by atoms with van der Waals surface area (Å²) in [6, 6.07) is 6.46. The van der Waals surface area contributed by atoms with Crippen molar-refractivity contribution in [3.63, 3.8) is 0 Å². The first kappa shape index (κ1) is 13.5. The molecule has 3 heteroatoms. The summed E-state index contributed by atoms with van der Waals surface area (Å²) in [5, 5.41) is 0. The normalized spacial score (nSPS) is 25.3. The average Bonchev–Trinajstić information content (AvgIpc) is 2.35. The zero-order chi connectivity index (χ0) is 13.1. The number of nitrogens with zero attached hydrogens (tertiary/aromatic N) is 1. The molecule has 1 aromatic carbocycles. The maximum Gasteiger partial charge on any atom is 0.128 e. The Morgan fingerprint density at radius 2 is 1.94 bits per heavy atom. The molecular weight excluding hydrogens is 227 g/mol. The van der Waals surface area contributed by atoms with Gasteiger partial charge in [-0.25, -0.2) is 4.39 Å². The van der Waals surface area contributed by atoms with E-state index in [-0.39, 0.29) is 5.82 Å². The molecule has 0 amide bonds. The minimum Gasteiger partial charge on any atom is -0.326 e. The zero-order valence-electron chi connectivity index (χ0n) is 11.3. The van der Waals surface area contributed by atoms with Gasteiger partial charge in [0.05, 0.1) is 0 Å². The highest BCUT2D eigenvalue weighted by atomic mass is 19.1. The van der Waals surface area contributed by atoms with Crippen molar-refractivity contribution in [1.29, 1.82) is 0 Å². The molecular formula is C15H23FN2. The molecule has 1 aliphatic heterocycles. The maximum absolute atomic E-state index is 14.0. The molecule has 1 aromatic rings. The largest absolute Gasteiger partial charge is 0.326 e. The quantitative estimate of drug-likeness (QED) is 0.893. The number of hydrogen-bond acceptors (Lipinski definition) is 2. The van der Waals surface area contributed by atoms with Crippen molar-refractivity contribution < 1.29 is 4.39 Å². The SMILES string of the molecule is CC1CCCC(C)N1Cc1ccc(CN)cc1F. The van der Waals surface area contributed by atoms with Crippen LogP contribution in [0.2, 0.25) is 0 Å². The van der Waals surface area contributed by atoms with Gasteiger partial charge in [0, 0.05) is 30.7 Å². The number of hydrogen-bond donors (Lipinski definition) is 1. The average molecular weight is 250 g/mol. The molecule has 0 aromatic heterocycles. The molecule has 0 saturated carbocycles. The number of likely N-dealkylation sites (tertiary alicyclic amines) is 1. The first-order valence-electron chi connectivity index (χ1n) is 6.85. The number of halogens is 1. The van der Waals surface area contributed by atoms with E-state index in [2.05, 4.69) is 18.7 Å². The molecule has 2 nitrogen and oxygen atoms in total. The van der Waals surface area contributed by atoms with Crippen LogP contribution in [0.4, 0.5) is 4.39 Å². The lowest BCUT2D eigenvalue weighted by Gasteiger charge is -2.39. The van der Waals surface area contributed by atoms with E-state index in [1.807, 2.05) is 12.1 Å². The van der Waals surface area contributed by atoms with Gasteiger partial charge in [-0.05, 0) is 38.3 Å². The van der Waals surface area contributed by atoms with Crippen molar-refractivity contribution in [1.82, 2.24) is 4.90 Å². The van der Waals surface area contributed by atoms with Gasteiger partial charge in [-0.15, -0.1) is 0 Å². The van der Waals surface area contributed by atoms with Crippen molar-refractivity contribution in [2.75, 3.05) is 0 Å². The van der Waals surface area contributed by atoms with Crippen LogP contribution < -0.4 is 5.73 Å². The van der Waals surface area contributed by atoms with Gasteiger partial charge in [-0.3, -0.25) is 4.90 Å². The fraction of sp³-hybridized carbons (Fsp3) is 0.600. The fourth-order valence-corrected chi connectivity index (χ4v) is 2.83. The summed E-state index contributed by atoms with van der Waals surface area (Å²) in [7, 11) is 0. The van der Waals surface area contributed by atoms with Gasteiger partial charge in [0.25, 0.3) is 0 Å². The second kappa shape index (κ2) is 5.81. The van der Waals surface area contributed by atoms with Crippen LogP contribution >= 0.6 is 0 Å². The van der Waals surface area contributed by atoms with Crippen LogP contribution in [0.25, 0.3) is 0 Å². The lowest BCUT2D eigenvalue weighted by molar-refractivity contribution is 0.0940. The predicted molar refractivity (Wildman–Crippen MR) is 72.6 cm³/mol. The van der Waals surface area contributed by atoms with E-state index in [0.717, 1.165) is 11.1 Å². The van der Waals surface area contributed by atoms with Crippen LogP contribution in [0, 0.1) is 5.82 Å². The van der Waals surface area contributed by atoms with E-state index in [9.17, 15) is 4.39 Å². The first-order chi connectivity index (χ1) is 8.61. The highest BCUT2D eigenvalue weighted by Gasteiger charge is 2.25. The molecule has 0 spiro atoms. The van der Waals surface area contributed by atoms with Gasteiger partial charge in [0.2, 0.25) is 0 Å². The summed E-state index contributed by atoms with van der Waals surface area (Å²) in [4.78, 5) is 2.41. The standard InChI is InChI=1S/C15H23FN2/c1-11-4-3-5-12(2)18(11)10-14-7-6-13(9-17)8-15(14)16/h6-8,11-12H,3-5,9-10,17H2,1-2H3. The maximum atomic E-state index is 14.0. The molecule has 2 unspecified atom stereocenters.